The smallest absolute Gasteiger partial charge is 0.328 e. The summed E-state index contributed by atoms with van der Waals surface area (Å²) in [6.45, 7) is 0.261. The summed E-state index contributed by atoms with van der Waals surface area (Å²) < 4.78 is 6.53. The van der Waals surface area contributed by atoms with Crippen LogP contribution in [0, 0.1) is 0 Å². The molecule has 5 nitrogen and oxygen atoms in total. The first-order valence-electron chi connectivity index (χ1n) is 5.32. The van der Waals surface area contributed by atoms with Crippen molar-refractivity contribution in [2.45, 2.75) is 13.2 Å². The lowest BCUT2D eigenvalue weighted by atomic mass is 10.2. The third kappa shape index (κ3) is 3.49. The molecule has 2 rings (SSSR count). The van der Waals surface area contributed by atoms with Crippen LogP contribution < -0.4 is 5.73 Å². The van der Waals surface area contributed by atoms with Crippen molar-refractivity contribution in [1.29, 1.82) is 0 Å². The minimum Gasteiger partial charge on any atom is -0.459 e. The molecule has 0 saturated carbocycles. The Morgan fingerprint density at radius 2 is 2.06 bits per heavy atom. The summed E-state index contributed by atoms with van der Waals surface area (Å²) in [7, 11) is 0. The SMILES string of the molecule is Nc1ccn(CC(=O)OCc2ccc(Cl)cc2)n1. The molecule has 18 heavy (non-hydrogen) atoms. The van der Waals surface area contributed by atoms with Crippen molar-refractivity contribution in [2.24, 2.45) is 0 Å². The molecule has 0 spiro atoms. The van der Waals surface area contributed by atoms with Crippen LogP contribution in [0.3, 0.4) is 0 Å². The highest BCUT2D eigenvalue weighted by molar-refractivity contribution is 6.30. The number of nitrogen functional groups attached to an aromatic ring is 1. The number of benzene rings is 1. The molecule has 0 saturated heterocycles. The van der Waals surface area contributed by atoms with Gasteiger partial charge in [0.25, 0.3) is 0 Å². The normalized spacial score (nSPS) is 10.3. The monoisotopic (exact) mass is 265 g/mol. The summed E-state index contributed by atoms with van der Waals surface area (Å²) in [6, 6.07) is 8.73. The van der Waals surface area contributed by atoms with Gasteiger partial charge in [0.1, 0.15) is 19.0 Å². The Hall–Kier alpha value is -2.01. The van der Waals surface area contributed by atoms with Crippen molar-refractivity contribution >= 4 is 23.4 Å². The van der Waals surface area contributed by atoms with E-state index >= 15 is 0 Å². The minimum absolute atomic E-state index is 0.0464. The summed E-state index contributed by atoms with van der Waals surface area (Å²) in [4.78, 5) is 11.5. The van der Waals surface area contributed by atoms with Crippen molar-refractivity contribution in [3.05, 3.63) is 47.1 Å². The molecular formula is C12H12ClN3O2. The third-order valence-corrected chi connectivity index (χ3v) is 2.52. The van der Waals surface area contributed by atoms with E-state index in [9.17, 15) is 4.79 Å². The number of rotatable bonds is 4. The first-order chi connectivity index (χ1) is 8.63. The van der Waals surface area contributed by atoms with Crippen molar-refractivity contribution in [1.82, 2.24) is 9.78 Å². The van der Waals surface area contributed by atoms with Crippen LogP contribution in [0.25, 0.3) is 0 Å². The molecule has 1 aromatic heterocycles. The highest BCUT2D eigenvalue weighted by Crippen LogP contribution is 2.10. The van der Waals surface area contributed by atoms with Crippen molar-refractivity contribution in [3.8, 4) is 0 Å². The fourth-order valence-electron chi connectivity index (χ4n) is 1.39. The third-order valence-electron chi connectivity index (χ3n) is 2.27. The van der Waals surface area contributed by atoms with Gasteiger partial charge in [0.15, 0.2) is 0 Å². The predicted octanol–water partition coefficient (Wildman–Crippen LogP) is 1.86. The lowest BCUT2D eigenvalue weighted by molar-refractivity contribution is -0.145. The minimum atomic E-state index is -0.368. The molecule has 0 bridgehead atoms. The standard InChI is InChI=1S/C12H12ClN3O2/c13-10-3-1-9(2-4-10)8-18-12(17)7-16-6-5-11(14)15-16/h1-6H,7-8H2,(H2,14,15). The van der Waals surface area contributed by atoms with Crippen LogP contribution in [0.2, 0.25) is 5.02 Å². The zero-order chi connectivity index (χ0) is 13.0. The average Bonchev–Trinajstić information content (AvgIpc) is 2.74. The van der Waals surface area contributed by atoms with Crippen LogP contribution in [-0.2, 0) is 22.7 Å². The predicted molar refractivity (Wildman–Crippen MR) is 67.9 cm³/mol. The van der Waals surface area contributed by atoms with E-state index in [0.29, 0.717) is 10.8 Å². The van der Waals surface area contributed by atoms with E-state index in [1.165, 1.54) is 4.68 Å². The van der Waals surface area contributed by atoms with E-state index in [1.54, 1.807) is 24.4 Å². The van der Waals surface area contributed by atoms with Crippen LogP contribution in [0.5, 0.6) is 0 Å². The maximum atomic E-state index is 11.5. The molecule has 0 unspecified atom stereocenters. The Bertz CT molecular complexity index is 537. The molecular weight excluding hydrogens is 254 g/mol. The molecule has 0 atom stereocenters. The van der Waals surface area contributed by atoms with Gasteiger partial charge in [-0.1, -0.05) is 23.7 Å². The molecule has 0 radical (unpaired) electrons. The van der Waals surface area contributed by atoms with Gasteiger partial charge in [-0.3, -0.25) is 9.48 Å². The first-order valence-corrected chi connectivity index (χ1v) is 5.70. The van der Waals surface area contributed by atoms with Gasteiger partial charge in [-0.05, 0) is 23.8 Å². The summed E-state index contributed by atoms with van der Waals surface area (Å²) in [5, 5.41) is 4.54. The highest BCUT2D eigenvalue weighted by Gasteiger charge is 2.05. The molecule has 1 aromatic carbocycles. The van der Waals surface area contributed by atoms with Crippen molar-refractivity contribution in [3.63, 3.8) is 0 Å². The second-order valence-corrected chi connectivity index (χ2v) is 4.16. The topological polar surface area (TPSA) is 70.1 Å². The summed E-state index contributed by atoms with van der Waals surface area (Å²) >= 11 is 5.75. The number of hydrogen-bond acceptors (Lipinski definition) is 4. The molecule has 2 N–H and O–H groups in total. The summed E-state index contributed by atoms with van der Waals surface area (Å²) in [5.74, 6) is 0.00792. The number of anilines is 1. The van der Waals surface area contributed by atoms with Gasteiger partial charge in [-0.2, -0.15) is 5.10 Å². The van der Waals surface area contributed by atoms with Gasteiger partial charge in [-0.25, -0.2) is 0 Å². The Morgan fingerprint density at radius 3 is 2.67 bits per heavy atom. The second kappa shape index (κ2) is 5.55. The lowest BCUT2D eigenvalue weighted by Gasteiger charge is -2.05. The number of hydrogen-bond donors (Lipinski definition) is 1. The molecule has 1 heterocycles. The van der Waals surface area contributed by atoms with E-state index in [4.69, 9.17) is 22.1 Å². The van der Waals surface area contributed by atoms with E-state index in [1.807, 2.05) is 12.1 Å². The summed E-state index contributed by atoms with van der Waals surface area (Å²) in [5.41, 5.74) is 6.32. The van der Waals surface area contributed by atoms with Gasteiger partial charge in [0.05, 0.1) is 0 Å². The van der Waals surface area contributed by atoms with Crippen LogP contribution in [0.1, 0.15) is 5.56 Å². The van der Waals surface area contributed by atoms with Crippen LogP contribution in [-0.4, -0.2) is 15.7 Å². The largest absolute Gasteiger partial charge is 0.459 e. The van der Waals surface area contributed by atoms with Crippen molar-refractivity contribution in [2.75, 3.05) is 5.73 Å². The number of carbonyl (C=O) groups excluding carboxylic acids is 1. The molecule has 6 heteroatoms. The Kier molecular flexibility index (Phi) is 3.84. The fourth-order valence-corrected chi connectivity index (χ4v) is 1.51. The van der Waals surface area contributed by atoms with Gasteiger partial charge in [-0.15, -0.1) is 0 Å². The van der Waals surface area contributed by atoms with E-state index in [2.05, 4.69) is 5.10 Å². The highest BCUT2D eigenvalue weighted by atomic mass is 35.5. The van der Waals surface area contributed by atoms with E-state index < -0.39 is 0 Å². The van der Waals surface area contributed by atoms with Gasteiger partial charge in [0.2, 0.25) is 0 Å². The Morgan fingerprint density at radius 1 is 1.33 bits per heavy atom. The van der Waals surface area contributed by atoms with Crippen LogP contribution >= 0.6 is 11.6 Å². The second-order valence-electron chi connectivity index (χ2n) is 3.73. The Balaban J connectivity index is 1.83. The van der Waals surface area contributed by atoms with Gasteiger partial charge >= 0.3 is 5.97 Å². The number of esters is 1. The van der Waals surface area contributed by atoms with Crippen LogP contribution in [0.4, 0.5) is 5.82 Å². The van der Waals surface area contributed by atoms with E-state index in [0.717, 1.165) is 5.56 Å². The van der Waals surface area contributed by atoms with Gasteiger partial charge < -0.3 is 10.5 Å². The lowest BCUT2D eigenvalue weighted by Crippen LogP contribution is -2.14. The van der Waals surface area contributed by atoms with Crippen molar-refractivity contribution < 1.29 is 9.53 Å². The summed E-state index contributed by atoms with van der Waals surface area (Å²) in [6.07, 6.45) is 1.62. The molecule has 0 amide bonds. The first kappa shape index (κ1) is 12.4. The quantitative estimate of drug-likeness (QED) is 0.857. The molecule has 0 aliphatic carbocycles. The van der Waals surface area contributed by atoms with Gasteiger partial charge in [0, 0.05) is 11.2 Å². The molecule has 0 fully saturated rings. The fraction of sp³-hybridized carbons (Fsp3) is 0.167. The number of carbonyl (C=O) groups is 1. The van der Waals surface area contributed by atoms with E-state index in [-0.39, 0.29) is 19.1 Å². The number of ether oxygens (including phenoxy) is 1. The average molecular weight is 266 g/mol. The zero-order valence-electron chi connectivity index (χ0n) is 9.54. The molecule has 0 aliphatic rings. The Labute approximate surface area is 109 Å². The number of halogens is 1. The maximum Gasteiger partial charge on any atom is 0.328 e. The number of aromatic nitrogens is 2. The molecule has 0 aliphatic heterocycles. The number of nitrogens with two attached hydrogens (primary N) is 1. The van der Waals surface area contributed by atoms with Crippen LogP contribution in [0.15, 0.2) is 36.5 Å². The maximum absolute atomic E-state index is 11.5. The number of nitrogens with zero attached hydrogens (tertiary/aromatic N) is 2. The zero-order valence-corrected chi connectivity index (χ0v) is 10.3. The molecule has 94 valence electrons. The molecule has 2 aromatic rings.